The predicted molar refractivity (Wildman–Crippen MR) is 120 cm³/mol. The molecule has 0 unspecified atom stereocenters. The van der Waals surface area contributed by atoms with Gasteiger partial charge in [0.1, 0.15) is 11.6 Å². The van der Waals surface area contributed by atoms with Crippen LogP contribution < -0.4 is 4.74 Å². The van der Waals surface area contributed by atoms with E-state index < -0.39 is 11.9 Å². The summed E-state index contributed by atoms with van der Waals surface area (Å²) in [6.07, 6.45) is 1.61. The molecule has 0 bridgehead atoms. The van der Waals surface area contributed by atoms with Crippen LogP contribution in [-0.2, 0) is 11.3 Å². The number of halogens is 1. The lowest BCUT2D eigenvalue weighted by molar-refractivity contribution is -0.123. The van der Waals surface area contributed by atoms with Crippen molar-refractivity contribution in [2.75, 3.05) is 0 Å². The van der Waals surface area contributed by atoms with Crippen molar-refractivity contribution in [3.05, 3.63) is 106 Å². The number of thioether (sulfide) groups is 1. The number of nitrogens with zero attached hydrogens (tertiary/aromatic N) is 1. The topological polar surface area (TPSA) is 63.7 Å². The fourth-order valence-electron chi connectivity index (χ4n) is 3.13. The molecular weight excluding hydrogens is 429 g/mol. The van der Waals surface area contributed by atoms with Crippen molar-refractivity contribution in [2.45, 2.75) is 13.5 Å². The van der Waals surface area contributed by atoms with Crippen molar-refractivity contribution in [1.29, 1.82) is 0 Å². The monoisotopic (exact) mass is 447 g/mol. The molecule has 3 aromatic rings. The summed E-state index contributed by atoms with van der Waals surface area (Å²) in [5, 5.41) is -0.380. The van der Waals surface area contributed by atoms with Crippen LogP contribution in [0.4, 0.5) is 9.18 Å². The van der Waals surface area contributed by atoms with E-state index in [1.54, 1.807) is 60.7 Å². The molecule has 2 amide bonds. The Hall–Kier alpha value is -3.71. The first-order valence-corrected chi connectivity index (χ1v) is 10.6. The van der Waals surface area contributed by atoms with Gasteiger partial charge in [0.25, 0.3) is 11.1 Å². The minimum atomic E-state index is -0.455. The zero-order chi connectivity index (χ0) is 22.7. The van der Waals surface area contributed by atoms with Crippen molar-refractivity contribution in [3.63, 3.8) is 0 Å². The number of aryl methyl sites for hydroxylation is 1. The van der Waals surface area contributed by atoms with Crippen LogP contribution in [0.3, 0.4) is 0 Å². The van der Waals surface area contributed by atoms with Gasteiger partial charge in [-0.05, 0) is 72.3 Å². The SMILES string of the molecule is Cc1cccc(C(=O)Oc2ccc(/C=C3\SC(=O)N(Cc4ccc(F)cc4)C3=O)cc2)c1. The van der Waals surface area contributed by atoms with Crippen molar-refractivity contribution in [2.24, 2.45) is 0 Å². The molecule has 0 N–H and O–H groups in total. The molecule has 1 aliphatic heterocycles. The fraction of sp³-hybridized carbons (Fsp3) is 0.0800. The first kappa shape index (κ1) is 21.5. The standard InChI is InChI=1S/C25H18FNO4S/c1-16-3-2-4-19(13-16)24(29)31-21-11-7-17(8-12-21)14-22-23(28)27(25(30)32-22)15-18-5-9-20(26)10-6-18/h2-14H,15H2,1H3/b22-14-. The molecule has 1 fully saturated rings. The smallest absolute Gasteiger partial charge is 0.343 e. The van der Waals surface area contributed by atoms with Crippen LogP contribution in [0, 0.1) is 12.7 Å². The highest BCUT2D eigenvalue weighted by Gasteiger charge is 2.34. The van der Waals surface area contributed by atoms with Gasteiger partial charge in [-0.3, -0.25) is 14.5 Å². The number of amides is 2. The van der Waals surface area contributed by atoms with Gasteiger partial charge in [-0.1, -0.05) is 42.0 Å². The maximum atomic E-state index is 13.1. The highest BCUT2D eigenvalue weighted by molar-refractivity contribution is 8.18. The van der Waals surface area contributed by atoms with E-state index in [0.717, 1.165) is 22.2 Å². The minimum Gasteiger partial charge on any atom is -0.423 e. The quantitative estimate of drug-likeness (QED) is 0.290. The molecule has 1 saturated heterocycles. The van der Waals surface area contributed by atoms with E-state index in [1.807, 2.05) is 13.0 Å². The maximum absolute atomic E-state index is 13.1. The van der Waals surface area contributed by atoms with E-state index in [2.05, 4.69) is 0 Å². The Bertz CT molecular complexity index is 1220. The molecule has 3 aromatic carbocycles. The first-order chi connectivity index (χ1) is 15.4. The maximum Gasteiger partial charge on any atom is 0.343 e. The Morgan fingerprint density at radius 1 is 1.03 bits per heavy atom. The third kappa shape index (κ3) is 4.95. The summed E-state index contributed by atoms with van der Waals surface area (Å²) in [5.74, 6) is -0.864. The lowest BCUT2D eigenvalue weighted by Gasteiger charge is -2.12. The van der Waals surface area contributed by atoms with E-state index in [-0.39, 0.29) is 17.6 Å². The molecule has 32 heavy (non-hydrogen) atoms. The van der Waals surface area contributed by atoms with Crippen molar-refractivity contribution in [1.82, 2.24) is 4.90 Å². The number of benzene rings is 3. The summed E-state index contributed by atoms with van der Waals surface area (Å²) < 4.78 is 18.5. The van der Waals surface area contributed by atoms with Gasteiger partial charge in [0.05, 0.1) is 17.0 Å². The number of carbonyl (C=O) groups excluding carboxylic acids is 3. The summed E-state index contributed by atoms with van der Waals surface area (Å²) in [7, 11) is 0. The largest absolute Gasteiger partial charge is 0.423 e. The summed E-state index contributed by atoms with van der Waals surface area (Å²) in [4.78, 5) is 38.6. The number of imide groups is 1. The number of esters is 1. The Kier molecular flexibility index (Phi) is 6.18. The van der Waals surface area contributed by atoms with Crippen LogP contribution in [0.25, 0.3) is 6.08 Å². The molecule has 1 heterocycles. The lowest BCUT2D eigenvalue weighted by Crippen LogP contribution is -2.27. The first-order valence-electron chi connectivity index (χ1n) is 9.78. The lowest BCUT2D eigenvalue weighted by atomic mass is 10.1. The normalized spacial score (nSPS) is 14.8. The molecule has 0 spiro atoms. The second-order valence-corrected chi connectivity index (χ2v) is 8.22. The molecule has 0 atom stereocenters. The van der Waals surface area contributed by atoms with Gasteiger partial charge >= 0.3 is 5.97 Å². The number of rotatable bonds is 5. The van der Waals surface area contributed by atoms with E-state index in [1.165, 1.54) is 12.1 Å². The number of hydrogen-bond donors (Lipinski definition) is 0. The van der Waals surface area contributed by atoms with Crippen LogP contribution in [0.5, 0.6) is 5.75 Å². The fourth-order valence-corrected chi connectivity index (χ4v) is 3.97. The molecule has 0 radical (unpaired) electrons. The minimum absolute atomic E-state index is 0.0795. The average molecular weight is 447 g/mol. The summed E-state index contributed by atoms with van der Waals surface area (Å²) in [6.45, 7) is 1.98. The molecule has 0 saturated carbocycles. The molecule has 5 nitrogen and oxygen atoms in total. The Balaban J connectivity index is 1.43. The van der Waals surface area contributed by atoms with Crippen LogP contribution >= 0.6 is 11.8 Å². The zero-order valence-electron chi connectivity index (χ0n) is 17.1. The van der Waals surface area contributed by atoms with Crippen LogP contribution in [0.2, 0.25) is 0 Å². The van der Waals surface area contributed by atoms with Crippen LogP contribution in [-0.4, -0.2) is 22.0 Å². The summed E-state index contributed by atoms with van der Waals surface area (Å²) in [6, 6.07) is 19.4. The third-order valence-corrected chi connectivity index (χ3v) is 5.68. The Morgan fingerprint density at radius 2 is 1.75 bits per heavy atom. The van der Waals surface area contributed by atoms with E-state index >= 15 is 0 Å². The van der Waals surface area contributed by atoms with Crippen molar-refractivity contribution >= 4 is 35.0 Å². The van der Waals surface area contributed by atoms with Gasteiger partial charge in [-0.15, -0.1) is 0 Å². The molecule has 0 aliphatic carbocycles. The van der Waals surface area contributed by atoms with Crippen LogP contribution in [0.15, 0.2) is 77.7 Å². The average Bonchev–Trinajstić information content (AvgIpc) is 3.04. The molecule has 7 heteroatoms. The molecule has 4 rings (SSSR count). The Labute approximate surface area is 188 Å². The zero-order valence-corrected chi connectivity index (χ0v) is 17.9. The summed E-state index contributed by atoms with van der Waals surface area (Å²) >= 11 is 0.852. The number of hydrogen-bond acceptors (Lipinski definition) is 5. The van der Waals surface area contributed by atoms with Crippen molar-refractivity contribution < 1.29 is 23.5 Å². The van der Waals surface area contributed by atoms with Gasteiger partial charge in [0.15, 0.2) is 0 Å². The molecular formula is C25H18FNO4S. The highest BCUT2D eigenvalue weighted by atomic mass is 32.2. The molecule has 1 aliphatic rings. The third-order valence-electron chi connectivity index (χ3n) is 4.77. The van der Waals surface area contributed by atoms with Gasteiger partial charge in [-0.2, -0.15) is 0 Å². The number of ether oxygens (including phenoxy) is 1. The Morgan fingerprint density at radius 3 is 2.44 bits per heavy atom. The van der Waals surface area contributed by atoms with E-state index in [9.17, 15) is 18.8 Å². The van der Waals surface area contributed by atoms with E-state index in [4.69, 9.17) is 4.74 Å². The van der Waals surface area contributed by atoms with Gasteiger partial charge in [0, 0.05) is 0 Å². The number of carbonyl (C=O) groups is 3. The van der Waals surface area contributed by atoms with Crippen molar-refractivity contribution in [3.8, 4) is 5.75 Å². The van der Waals surface area contributed by atoms with Gasteiger partial charge in [0.2, 0.25) is 0 Å². The second-order valence-electron chi connectivity index (χ2n) is 7.22. The summed E-state index contributed by atoms with van der Waals surface area (Å²) in [5.41, 5.74) is 2.77. The van der Waals surface area contributed by atoms with Gasteiger partial charge < -0.3 is 4.74 Å². The van der Waals surface area contributed by atoms with Crippen LogP contribution in [0.1, 0.15) is 27.0 Å². The molecule has 0 aromatic heterocycles. The predicted octanol–water partition coefficient (Wildman–Crippen LogP) is 5.59. The van der Waals surface area contributed by atoms with Gasteiger partial charge in [-0.25, -0.2) is 9.18 Å². The molecule has 160 valence electrons. The highest BCUT2D eigenvalue weighted by Crippen LogP contribution is 2.33. The van der Waals surface area contributed by atoms with E-state index in [0.29, 0.717) is 27.3 Å². The second kappa shape index (κ2) is 9.20.